The van der Waals surface area contributed by atoms with Gasteiger partial charge < -0.3 is 13.7 Å². The quantitative estimate of drug-likeness (QED) is 0.554. The Morgan fingerprint density at radius 1 is 1.31 bits per heavy atom. The Morgan fingerprint density at radius 2 is 2.14 bits per heavy atom. The molecule has 29 heavy (non-hydrogen) atoms. The summed E-state index contributed by atoms with van der Waals surface area (Å²) in [5.74, 6) is 1.60. The fraction of sp³-hybridized carbons (Fsp3) is 0.300. The van der Waals surface area contributed by atoms with Crippen LogP contribution < -0.4 is 4.74 Å². The van der Waals surface area contributed by atoms with Crippen molar-refractivity contribution in [2.24, 2.45) is 5.10 Å². The molecule has 0 bridgehead atoms. The van der Waals surface area contributed by atoms with E-state index < -0.39 is 0 Å². The third-order valence-corrected chi connectivity index (χ3v) is 5.67. The molecule has 1 aromatic carbocycles. The predicted octanol–water partition coefficient (Wildman–Crippen LogP) is 3.37. The average Bonchev–Trinajstić information content (AvgIpc) is 3.51. The van der Waals surface area contributed by atoms with Crippen molar-refractivity contribution in [3.05, 3.63) is 60.3 Å². The van der Waals surface area contributed by atoms with Gasteiger partial charge in [0, 0.05) is 13.0 Å². The van der Waals surface area contributed by atoms with Crippen molar-refractivity contribution in [3.8, 4) is 5.75 Å². The number of amides is 1. The number of aryl methyl sites for hydroxylation is 1. The molecule has 2 aromatic heterocycles. The average molecular weight is 411 g/mol. The number of hydrogen-bond acceptors (Lipinski definition) is 7. The summed E-state index contributed by atoms with van der Waals surface area (Å²) in [5.41, 5.74) is 1.79. The predicted molar refractivity (Wildman–Crippen MR) is 109 cm³/mol. The zero-order chi connectivity index (χ0) is 20.2. The Labute approximate surface area is 172 Å². The van der Waals surface area contributed by atoms with E-state index in [1.54, 1.807) is 19.7 Å². The number of benzene rings is 1. The van der Waals surface area contributed by atoms with E-state index in [2.05, 4.69) is 15.3 Å². The van der Waals surface area contributed by atoms with E-state index >= 15 is 0 Å². The van der Waals surface area contributed by atoms with Gasteiger partial charge in [-0.05, 0) is 48.9 Å². The minimum absolute atomic E-state index is 0.106. The van der Waals surface area contributed by atoms with Crippen LogP contribution in [0.4, 0.5) is 0 Å². The fourth-order valence-electron chi connectivity index (χ4n) is 3.17. The molecule has 1 aliphatic heterocycles. The standard InChI is InChI=1S/C20H21N5O3S/c1-3-24-13-21-22-20(24)29-12-19(26)25-17(18-5-4-10-28-18)11-16(23-25)14-6-8-15(27-2)9-7-14/h4-10,13,17H,3,11-12H2,1-2H3. The smallest absolute Gasteiger partial charge is 0.253 e. The molecule has 0 aliphatic carbocycles. The summed E-state index contributed by atoms with van der Waals surface area (Å²) in [7, 11) is 1.63. The first-order valence-corrected chi connectivity index (χ1v) is 10.3. The minimum atomic E-state index is -0.265. The monoisotopic (exact) mass is 411 g/mol. The van der Waals surface area contributed by atoms with Crippen molar-refractivity contribution in [3.63, 3.8) is 0 Å². The van der Waals surface area contributed by atoms with Gasteiger partial charge >= 0.3 is 0 Å². The molecule has 9 heteroatoms. The second kappa shape index (κ2) is 8.52. The molecule has 1 atom stereocenters. The molecular formula is C20H21N5O3S. The lowest BCUT2D eigenvalue weighted by atomic mass is 10.0. The van der Waals surface area contributed by atoms with E-state index in [9.17, 15) is 4.79 Å². The Hall–Kier alpha value is -3.07. The number of methoxy groups -OCH3 is 1. The molecule has 0 N–H and O–H groups in total. The van der Waals surface area contributed by atoms with Gasteiger partial charge in [-0.3, -0.25) is 4.79 Å². The van der Waals surface area contributed by atoms with Gasteiger partial charge in [-0.1, -0.05) is 11.8 Å². The van der Waals surface area contributed by atoms with Gasteiger partial charge in [0.1, 0.15) is 23.9 Å². The number of furan rings is 1. The summed E-state index contributed by atoms with van der Waals surface area (Å²) < 4.78 is 12.7. The summed E-state index contributed by atoms with van der Waals surface area (Å²) in [6.45, 7) is 2.76. The summed E-state index contributed by atoms with van der Waals surface area (Å²) >= 11 is 1.36. The minimum Gasteiger partial charge on any atom is -0.497 e. The molecule has 0 fully saturated rings. The first-order valence-electron chi connectivity index (χ1n) is 9.27. The van der Waals surface area contributed by atoms with Gasteiger partial charge in [0.2, 0.25) is 0 Å². The summed E-state index contributed by atoms with van der Waals surface area (Å²) in [4.78, 5) is 13.0. The molecule has 150 valence electrons. The lowest BCUT2D eigenvalue weighted by molar-refractivity contribution is -0.130. The van der Waals surface area contributed by atoms with Crippen molar-refractivity contribution < 1.29 is 13.9 Å². The van der Waals surface area contributed by atoms with Crippen LogP contribution in [0.1, 0.15) is 30.7 Å². The normalized spacial score (nSPS) is 16.1. The largest absolute Gasteiger partial charge is 0.497 e. The SMILES string of the molecule is CCn1cnnc1SCC(=O)N1N=C(c2ccc(OC)cc2)CC1c1ccco1. The second-order valence-electron chi connectivity index (χ2n) is 6.44. The van der Waals surface area contributed by atoms with Crippen molar-refractivity contribution in [2.75, 3.05) is 12.9 Å². The van der Waals surface area contributed by atoms with Gasteiger partial charge in [0.05, 0.1) is 24.8 Å². The summed E-state index contributed by atoms with van der Waals surface area (Å²) in [6, 6.07) is 11.1. The Bertz CT molecular complexity index is 998. The molecule has 3 heterocycles. The van der Waals surface area contributed by atoms with E-state index in [0.717, 1.165) is 23.6 Å². The van der Waals surface area contributed by atoms with Gasteiger partial charge in [0.15, 0.2) is 5.16 Å². The topological polar surface area (TPSA) is 85.8 Å². The van der Waals surface area contributed by atoms with E-state index in [-0.39, 0.29) is 17.7 Å². The fourth-order valence-corrected chi connectivity index (χ4v) is 4.00. The highest BCUT2D eigenvalue weighted by Crippen LogP contribution is 2.34. The molecule has 8 nitrogen and oxygen atoms in total. The number of carbonyl (C=O) groups is 1. The first kappa shape index (κ1) is 19.3. The summed E-state index contributed by atoms with van der Waals surface area (Å²) in [5, 5.41) is 14.9. The van der Waals surface area contributed by atoms with Gasteiger partial charge in [-0.15, -0.1) is 10.2 Å². The van der Waals surface area contributed by atoms with Crippen LogP contribution in [0.25, 0.3) is 0 Å². The van der Waals surface area contributed by atoms with Crippen LogP contribution >= 0.6 is 11.8 Å². The zero-order valence-corrected chi connectivity index (χ0v) is 17.0. The molecule has 0 saturated heterocycles. The highest BCUT2D eigenvalue weighted by molar-refractivity contribution is 7.99. The number of rotatable bonds is 7. The van der Waals surface area contributed by atoms with E-state index in [1.165, 1.54) is 16.8 Å². The van der Waals surface area contributed by atoms with Gasteiger partial charge in [-0.25, -0.2) is 5.01 Å². The molecule has 4 rings (SSSR count). The number of ether oxygens (including phenoxy) is 1. The number of nitrogens with zero attached hydrogens (tertiary/aromatic N) is 5. The van der Waals surface area contributed by atoms with Crippen molar-refractivity contribution in [2.45, 2.75) is 31.1 Å². The maximum absolute atomic E-state index is 13.0. The Balaban J connectivity index is 1.55. The van der Waals surface area contributed by atoms with Crippen LogP contribution in [-0.2, 0) is 11.3 Å². The zero-order valence-electron chi connectivity index (χ0n) is 16.2. The highest BCUT2D eigenvalue weighted by atomic mass is 32.2. The van der Waals surface area contributed by atoms with Crippen molar-refractivity contribution >= 4 is 23.4 Å². The highest BCUT2D eigenvalue weighted by Gasteiger charge is 2.34. The van der Waals surface area contributed by atoms with E-state index in [0.29, 0.717) is 17.3 Å². The van der Waals surface area contributed by atoms with Crippen LogP contribution in [0.15, 0.2) is 63.7 Å². The van der Waals surface area contributed by atoms with Crippen LogP contribution in [0.5, 0.6) is 5.75 Å². The molecular weight excluding hydrogens is 390 g/mol. The Morgan fingerprint density at radius 3 is 2.83 bits per heavy atom. The molecule has 1 aliphatic rings. The van der Waals surface area contributed by atoms with E-state index in [1.807, 2.05) is 47.9 Å². The van der Waals surface area contributed by atoms with Gasteiger partial charge in [0.25, 0.3) is 5.91 Å². The number of hydrogen-bond donors (Lipinski definition) is 0. The molecule has 0 radical (unpaired) electrons. The van der Waals surface area contributed by atoms with Crippen LogP contribution in [0.3, 0.4) is 0 Å². The first-order chi connectivity index (χ1) is 14.2. The van der Waals surface area contributed by atoms with E-state index in [4.69, 9.17) is 9.15 Å². The van der Waals surface area contributed by atoms with Crippen molar-refractivity contribution in [1.82, 2.24) is 19.8 Å². The lowest BCUT2D eigenvalue weighted by Gasteiger charge is -2.19. The maximum atomic E-state index is 13.0. The number of carbonyl (C=O) groups excluding carboxylic acids is 1. The molecule has 3 aromatic rings. The second-order valence-corrected chi connectivity index (χ2v) is 7.38. The summed E-state index contributed by atoms with van der Waals surface area (Å²) in [6.07, 6.45) is 3.86. The maximum Gasteiger partial charge on any atom is 0.253 e. The third-order valence-electron chi connectivity index (χ3n) is 4.71. The lowest BCUT2D eigenvalue weighted by Crippen LogP contribution is -2.28. The number of aromatic nitrogens is 3. The third kappa shape index (κ3) is 4.04. The Kier molecular flexibility index (Phi) is 5.66. The van der Waals surface area contributed by atoms with Crippen molar-refractivity contribution in [1.29, 1.82) is 0 Å². The van der Waals surface area contributed by atoms with Crippen LogP contribution in [-0.4, -0.2) is 44.3 Å². The number of hydrazone groups is 1. The number of thioether (sulfide) groups is 1. The molecule has 0 saturated carbocycles. The molecule has 1 unspecified atom stereocenters. The van der Waals surface area contributed by atoms with Gasteiger partial charge in [-0.2, -0.15) is 5.10 Å². The molecule has 1 amide bonds. The van der Waals surface area contributed by atoms with Crippen LogP contribution in [0.2, 0.25) is 0 Å². The van der Waals surface area contributed by atoms with Crippen LogP contribution in [0, 0.1) is 0 Å². The molecule has 0 spiro atoms.